The van der Waals surface area contributed by atoms with Gasteiger partial charge in [-0.25, -0.2) is 4.39 Å². The number of aryl methyl sites for hydroxylation is 2. The lowest BCUT2D eigenvalue weighted by molar-refractivity contribution is 0.532. The van der Waals surface area contributed by atoms with E-state index in [-0.39, 0.29) is 11.9 Å². The Kier molecular flexibility index (Phi) is 5.48. The van der Waals surface area contributed by atoms with Crippen molar-refractivity contribution < 1.29 is 4.39 Å². The van der Waals surface area contributed by atoms with Crippen molar-refractivity contribution in [2.75, 3.05) is 6.54 Å². The molecular weight excluding hydrogens is 331 g/mol. The molecule has 1 atom stereocenters. The minimum Gasteiger partial charge on any atom is -0.309 e. The predicted octanol–water partition coefficient (Wildman–Crippen LogP) is 4.49. The van der Waals surface area contributed by atoms with E-state index in [1.165, 1.54) is 17.7 Å². The second-order valence-corrected chi connectivity index (χ2v) is 6.12. The molecule has 0 radical (unpaired) electrons. The van der Waals surface area contributed by atoms with E-state index in [2.05, 4.69) is 46.1 Å². The van der Waals surface area contributed by atoms with Gasteiger partial charge in [-0.3, -0.25) is 4.98 Å². The molecule has 0 aliphatic carbocycles. The van der Waals surface area contributed by atoms with Gasteiger partial charge in [0, 0.05) is 10.7 Å². The Morgan fingerprint density at radius 3 is 2.67 bits per heavy atom. The fourth-order valence-electron chi connectivity index (χ4n) is 2.51. The zero-order chi connectivity index (χ0) is 15.4. The standard InChI is InChI=1S/C17H20BrFN2/c1-4-20-16(17-12(3)7-11(2)10-21-17)8-13-5-6-14(19)9-15(13)18/h5-7,9-10,16,20H,4,8H2,1-3H3. The van der Waals surface area contributed by atoms with Crippen LogP contribution >= 0.6 is 15.9 Å². The van der Waals surface area contributed by atoms with Crippen LogP contribution in [0.1, 0.15) is 35.3 Å². The quantitative estimate of drug-likeness (QED) is 0.858. The molecule has 2 nitrogen and oxygen atoms in total. The normalized spacial score (nSPS) is 12.4. The largest absolute Gasteiger partial charge is 0.309 e. The molecule has 4 heteroatoms. The minimum atomic E-state index is -0.227. The van der Waals surface area contributed by atoms with Crippen molar-refractivity contribution in [1.82, 2.24) is 10.3 Å². The van der Waals surface area contributed by atoms with Crippen molar-refractivity contribution in [3.8, 4) is 0 Å². The highest BCUT2D eigenvalue weighted by Gasteiger charge is 2.16. The number of likely N-dealkylation sites (N-methyl/N-ethyl adjacent to an activating group) is 1. The van der Waals surface area contributed by atoms with Crippen LogP contribution < -0.4 is 5.32 Å². The number of halogens is 2. The van der Waals surface area contributed by atoms with Gasteiger partial charge in [0.25, 0.3) is 0 Å². The summed E-state index contributed by atoms with van der Waals surface area (Å²) in [5.74, 6) is -0.227. The molecule has 0 bridgehead atoms. The molecule has 2 aromatic rings. The molecule has 0 fully saturated rings. The Balaban J connectivity index is 2.30. The van der Waals surface area contributed by atoms with E-state index in [0.29, 0.717) is 0 Å². The highest BCUT2D eigenvalue weighted by molar-refractivity contribution is 9.10. The molecule has 21 heavy (non-hydrogen) atoms. The summed E-state index contributed by atoms with van der Waals surface area (Å²) in [5, 5.41) is 3.47. The summed E-state index contributed by atoms with van der Waals surface area (Å²) in [4.78, 5) is 4.59. The van der Waals surface area contributed by atoms with Crippen LogP contribution in [0.2, 0.25) is 0 Å². The average molecular weight is 351 g/mol. The van der Waals surface area contributed by atoms with E-state index in [1.54, 1.807) is 0 Å². The fraction of sp³-hybridized carbons (Fsp3) is 0.353. The van der Waals surface area contributed by atoms with Crippen LogP contribution in [0.15, 0.2) is 34.9 Å². The first-order chi connectivity index (χ1) is 10.0. The van der Waals surface area contributed by atoms with Crippen LogP contribution in [-0.4, -0.2) is 11.5 Å². The maximum Gasteiger partial charge on any atom is 0.124 e. The van der Waals surface area contributed by atoms with Gasteiger partial charge in [-0.2, -0.15) is 0 Å². The second kappa shape index (κ2) is 7.14. The van der Waals surface area contributed by atoms with Crippen LogP contribution in [0.25, 0.3) is 0 Å². The highest BCUT2D eigenvalue weighted by Crippen LogP contribution is 2.25. The third kappa shape index (κ3) is 4.11. The Bertz CT molecular complexity index is 628. The number of aromatic nitrogens is 1. The first kappa shape index (κ1) is 16.1. The lowest BCUT2D eigenvalue weighted by Gasteiger charge is -2.20. The Labute approximate surface area is 133 Å². The highest BCUT2D eigenvalue weighted by atomic mass is 79.9. The molecule has 0 spiro atoms. The monoisotopic (exact) mass is 350 g/mol. The fourth-order valence-corrected chi connectivity index (χ4v) is 3.02. The number of pyridine rings is 1. The average Bonchev–Trinajstić information content (AvgIpc) is 2.41. The summed E-state index contributed by atoms with van der Waals surface area (Å²) in [6.07, 6.45) is 2.66. The van der Waals surface area contributed by atoms with E-state index >= 15 is 0 Å². The molecule has 1 aromatic heterocycles. The minimum absolute atomic E-state index is 0.123. The Morgan fingerprint density at radius 1 is 1.29 bits per heavy atom. The molecule has 2 rings (SSSR count). The maximum absolute atomic E-state index is 13.2. The van der Waals surface area contributed by atoms with E-state index in [1.807, 2.05) is 19.2 Å². The molecule has 1 unspecified atom stereocenters. The first-order valence-corrected chi connectivity index (χ1v) is 7.91. The van der Waals surface area contributed by atoms with E-state index in [0.717, 1.165) is 34.3 Å². The number of benzene rings is 1. The number of nitrogens with zero attached hydrogens (tertiary/aromatic N) is 1. The third-order valence-electron chi connectivity index (χ3n) is 3.48. The molecule has 1 aromatic carbocycles. The van der Waals surface area contributed by atoms with Gasteiger partial charge >= 0.3 is 0 Å². The number of hydrogen-bond acceptors (Lipinski definition) is 2. The second-order valence-electron chi connectivity index (χ2n) is 5.26. The van der Waals surface area contributed by atoms with Gasteiger partial charge in [0.2, 0.25) is 0 Å². The Hall–Kier alpha value is -1.26. The lowest BCUT2D eigenvalue weighted by atomic mass is 9.99. The molecule has 0 aliphatic rings. The van der Waals surface area contributed by atoms with Gasteiger partial charge < -0.3 is 5.32 Å². The van der Waals surface area contributed by atoms with Crippen LogP contribution in [-0.2, 0) is 6.42 Å². The van der Waals surface area contributed by atoms with Gasteiger partial charge in [0.15, 0.2) is 0 Å². The molecule has 0 saturated carbocycles. The van der Waals surface area contributed by atoms with Crippen LogP contribution in [0.3, 0.4) is 0 Å². The summed E-state index contributed by atoms with van der Waals surface area (Å²) < 4.78 is 14.0. The SMILES string of the molecule is CCNC(Cc1ccc(F)cc1Br)c1ncc(C)cc1C. The number of hydrogen-bond donors (Lipinski definition) is 1. The predicted molar refractivity (Wildman–Crippen MR) is 87.9 cm³/mol. The first-order valence-electron chi connectivity index (χ1n) is 7.11. The number of rotatable bonds is 5. The van der Waals surface area contributed by atoms with Crippen molar-refractivity contribution >= 4 is 15.9 Å². The van der Waals surface area contributed by atoms with Crippen LogP contribution in [0.5, 0.6) is 0 Å². The van der Waals surface area contributed by atoms with Gasteiger partial charge in [-0.15, -0.1) is 0 Å². The zero-order valence-electron chi connectivity index (χ0n) is 12.6. The molecule has 112 valence electrons. The van der Waals surface area contributed by atoms with Crippen LogP contribution in [0.4, 0.5) is 4.39 Å². The van der Waals surface area contributed by atoms with Crippen molar-refractivity contribution in [2.24, 2.45) is 0 Å². The van der Waals surface area contributed by atoms with Gasteiger partial charge in [-0.1, -0.05) is 35.0 Å². The molecule has 1 N–H and O–H groups in total. The number of nitrogens with one attached hydrogen (secondary N) is 1. The molecule has 0 aliphatic heterocycles. The topological polar surface area (TPSA) is 24.9 Å². The molecule has 1 heterocycles. The van der Waals surface area contributed by atoms with Crippen LogP contribution in [0, 0.1) is 19.7 Å². The maximum atomic E-state index is 13.2. The lowest BCUT2D eigenvalue weighted by Crippen LogP contribution is -2.25. The van der Waals surface area contributed by atoms with Crippen molar-refractivity contribution in [2.45, 2.75) is 33.2 Å². The van der Waals surface area contributed by atoms with E-state index < -0.39 is 0 Å². The molecular formula is C17H20BrFN2. The Morgan fingerprint density at radius 2 is 2.05 bits per heavy atom. The molecule has 0 amide bonds. The summed E-state index contributed by atoms with van der Waals surface area (Å²) in [6, 6.07) is 7.10. The van der Waals surface area contributed by atoms with Crippen molar-refractivity contribution in [1.29, 1.82) is 0 Å². The van der Waals surface area contributed by atoms with Gasteiger partial charge in [0.05, 0.1) is 11.7 Å². The summed E-state index contributed by atoms with van der Waals surface area (Å²) in [6.45, 7) is 7.07. The van der Waals surface area contributed by atoms with Crippen molar-refractivity contribution in [3.63, 3.8) is 0 Å². The summed E-state index contributed by atoms with van der Waals surface area (Å²) in [5.41, 5.74) is 4.47. The van der Waals surface area contributed by atoms with E-state index in [4.69, 9.17) is 0 Å². The van der Waals surface area contributed by atoms with E-state index in [9.17, 15) is 4.39 Å². The molecule has 0 saturated heterocycles. The van der Waals surface area contributed by atoms with Gasteiger partial charge in [0.1, 0.15) is 5.82 Å². The summed E-state index contributed by atoms with van der Waals surface area (Å²) in [7, 11) is 0. The summed E-state index contributed by atoms with van der Waals surface area (Å²) >= 11 is 3.44. The van der Waals surface area contributed by atoms with Crippen molar-refractivity contribution in [3.05, 3.63) is 63.1 Å². The van der Waals surface area contributed by atoms with Gasteiger partial charge in [-0.05, 0) is 55.6 Å². The third-order valence-corrected chi connectivity index (χ3v) is 4.21. The zero-order valence-corrected chi connectivity index (χ0v) is 14.2. The smallest absolute Gasteiger partial charge is 0.124 e.